The van der Waals surface area contributed by atoms with Crippen molar-refractivity contribution in [1.29, 1.82) is 0 Å². The molecule has 0 aliphatic rings. The first kappa shape index (κ1) is 10.5. The third kappa shape index (κ3) is 2.43. The topological polar surface area (TPSA) is 47.6 Å². The van der Waals surface area contributed by atoms with Gasteiger partial charge in [0.15, 0.2) is 0 Å². The molecule has 1 aromatic heterocycles. The molecule has 72 valence electrons. The molecule has 0 saturated heterocycles. The summed E-state index contributed by atoms with van der Waals surface area (Å²) < 4.78 is 5.43. The van der Waals surface area contributed by atoms with Crippen LogP contribution < -0.4 is 5.48 Å². The molecule has 0 aliphatic heterocycles. The molecule has 0 bridgehead atoms. The van der Waals surface area contributed by atoms with E-state index in [2.05, 4.69) is 26.1 Å². The lowest BCUT2D eigenvalue weighted by Gasteiger charge is -2.01. The van der Waals surface area contributed by atoms with Crippen molar-refractivity contribution in [3.8, 4) is 0 Å². The van der Waals surface area contributed by atoms with E-state index in [1.165, 1.54) is 25.6 Å². The van der Waals surface area contributed by atoms with Crippen LogP contribution in [0.3, 0.4) is 0 Å². The summed E-state index contributed by atoms with van der Waals surface area (Å²) in [5.74, 6) is -0.379. The van der Waals surface area contributed by atoms with Crippen molar-refractivity contribution in [2.45, 2.75) is 0 Å². The van der Waals surface area contributed by atoms with Gasteiger partial charge in [0.25, 0.3) is 0 Å². The highest BCUT2D eigenvalue weighted by Gasteiger charge is 2.15. The Hall–Kier alpha value is -0.590. The Morgan fingerprint density at radius 3 is 2.85 bits per heavy atom. The van der Waals surface area contributed by atoms with Crippen molar-refractivity contribution in [2.75, 3.05) is 19.7 Å². The summed E-state index contributed by atoms with van der Waals surface area (Å²) in [6.07, 6.45) is 0. The molecule has 0 fully saturated rings. The van der Waals surface area contributed by atoms with Crippen LogP contribution in [0.25, 0.3) is 0 Å². The molecule has 0 unspecified atom stereocenters. The lowest BCUT2D eigenvalue weighted by molar-refractivity contribution is 0.0606. The third-order valence-electron chi connectivity index (χ3n) is 1.28. The number of methoxy groups -OCH3 is 1. The van der Waals surface area contributed by atoms with Gasteiger partial charge in [0, 0.05) is 0 Å². The molecule has 1 heterocycles. The first-order chi connectivity index (χ1) is 6.19. The lowest BCUT2D eigenvalue weighted by Crippen LogP contribution is -2.03. The maximum Gasteiger partial charge on any atom is 0.350 e. The van der Waals surface area contributed by atoms with E-state index >= 15 is 0 Å². The van der Waals surface area contributed by atoms with Gasteiger partial charge in [-0.25, -0.2) is 4.79 Å². The molecule has 0 atom stereocenters. The molecule has 0 spiro atoms. The summed E-state index contributed by atoms with van der Waals surface area (Å²) >= 11 is 4.55. The number of nitrogens with one attached hydrogen (secondary N) is 1. The number of carbonyl (C=O) groups is 1. The second-order valence-corrected chi connectivity index (χ2v) is 4.52. The van der Waals surface area contributed by atoms with E-state index in [1.54, 1.807) is 6.07 Å². The van der Waals surface area contributed by atoms with E-state index < -0.39 is 0 Å². The van der Waals surface area contributed by atoms with Crippen molar-refractivity contribution in [2.24, 2.45) is 0 Å². The molecule has 0 saturated carbocycles. The maximum atomic E-state index is 11.2. The molecule has 0 amide bonds. The Morgan fingerprint density at radius 2 is 2.31 bits per heavy atom. The van der Waals surface area contributed by atoms with E-state index in [0.29, 0.717) is 10.6 Å². The number of thiophene rings is 1. The molecule has 0 aromatic carbocycles. The Morgan fingerprint density at radius 1 is 1.62 bits per heavy atom. The standard InChI is InChI=1S/C7H8BrNO3S/c1-11-7(10)6-4(9-12-2)3-5(8)13-6/h3,9H,1-2H3. The molecule has 0 radical (unpaired) electrons. The second kappa shape index (κ2) is 4.59. The fourth-order valence-corrected chi connectivity index (χ4v) is 2.25. The van der Waals surface area contributed by atoms with Gasteiger partial charge >= 0.3 is 5.97 Å². The Labute approximate surface area is 87.9 Å². The Bertz CT molecular complexity index is 313. The van der Waals surface area contributed by atoms with Gasteiger partial charge in [-0.1, -0.05) is 0 Å². The van der Waals surface area contributed by atoms with Crippen molar-refractivity contribution < 1.29 is 14.4 Å². The predicted octanol–water partition coefficient (Wildman–Crippen LogP) is 2.27. The van der Waals surface area contributed by atoms with Gasteiger partial charge in [-0.3, -0.25) is 10.3 Å². The van der Waals surface area contributed by atoms with Crippen LogP contribution in [0.4, 0.5) is 5.69 Å². The summed E-state index contributed by atoms with van der Waals surface area (Å²) in [5, 5.41) is 0. The quantitative estimate of drug-likeness (QED) is 0.673. The molecular weight excluding hydrogens is 258 g/mol. The van der Waals surface area contributed by atoms with Crippen molar-refractivity contribution in [3.05, 3.63) is 14.7 Å². The van der Waals surface area contributed by atoms with E-state index in [9.17, 15) is 4.79 Å². The normalized spacial score (nSPS) is 9.77. The summed E-state index contributed by atoms with van der Waals surface area (Å²) in [7, 11) is 2.82. The van der Waals surface area contributed by atoms with Gasteiger partial charge in [0.1, 0.15) is 4.88 Å². The highest BCUT2D eigenvalue weighted by molar-refractivity contribution is 9.11. The first-order valence-corrected chi connectivity index (χ1v) is 4.96. The summed E-state index contributed by atoms with van der Waals surface area (Å²) in [4.78, 5) is 16.4. The van der Waals surface area contributed by atoms with E-state index in [-0.39, 0.29) is 5.97 Å². The van der Waals surface area contributed by atoms with Crippen molar-refractivity contribution >= 4 is 38.9 Å². The fourth-order valence-electron chi connectivity index (χ4n) is 0.791. The Balaban J connectivity index is 2.96. The number of anilines is 1. The third-order valence-corrected chi connectivity index (χ3v) is 2.90. The minimum atomic E-state index is -0.379. The van der Waals surface area contributed by atoms with Gasteiger partial charge in [-0.2, -0.15) is 0 Å². The largest absolute Gasteiger partial charge is 0.465 e. The van der Waals surface area contributed by atoms with E-state index in [4.69, 9.17) is 4.84 Å². The summed E-state index contributed by atoms with van der Waals surface area (Å²) in [6, 6.07) is 1.75. The van der Waals surface area contributed by atoms with Crippen LogP contribution in [-0.4, -0.2) is 20.2 Å². The van der Waals surface area contributed by atoms with Crippen molar-refractivity contribution in [3.63, 3.8) is 0 Å². The van der Waals surface area contributed by atoms with Gasteiger partial charge < -0.3 is 4.74 Å². The molecule has 4 nitrogen and oxygen atoms in total. The van der Waals surface area contributed by atoms with E-state index in [1.807, 2.05) is 0 Å². The van der Waals surface area contributed by atoms with Gasteiger partial charge in [0.2, 0.25) is 0 Å². The fraction of sp³-hybridized carbons (Fsp3) is 0.286. The minimum absolute atomic E-state index is 0.379. The number of hydrogen-bond acceptors (Lipinski definition) is 5. The number of esters is 1. The zero-order valence-corrected chi connectivity index (χ0v) is 9.49. The zero-order chi connectivity index (χ0) is 9.84. The molecule has 1 aromatic rings. The highest BCUT2D eigenvalue weighted by atomic mass is 79.9. The molecule has 13 heavy (non-hydrogen) atoms. The number of rotatable bonds is 3. The van der Waals surface area contributed by atoms with Crippen LogP contribution in [0.1, 0.15) is 9.67 Å². The molecular formula is C7H8BrNO3S. The number of ether oxygens (including phenoxy) is 1. The van der Waals surface area contributed by atoms with Crippen LogP contribution >= 0.6 is 27.3 Å². The minimum Gasteiger partial charge on any atom is -0.465 e. The van der Waals surface area contributed by atoms with Crippen LogP contribution in [0, 0.1) is 0 Å². The average Bonchev–Trinajstić information content (AvgIpc) is 2.46. The smallest absolute Gasteiger partial charge is 0.350 e. The first-order valence-electron chi connectivity index (χ1n) is 3.35. The van der Waals surface area contributed by atoms with Gasteiger partial charge in [0.05, 0.1) is 23.7 Å². The monoisotopic (exact) mass is 265 g/mol. The second-order valence-electron chi connectivity index (χ2n) is 2.09. The average molecular weight is 266 g/mol. The van der Waals surface area contributed by atoms with Gasteiger partial charge in [-0.05, 0) is 22.0 Å². The number of hydrogen-bond donors (Lipinski definition) is 1. The van der Waals surface area contributed by atoms with Gasteiger partial charge in [-0.15, -0.1) is 11.3 Å². The molecule has 6 heteroatoms. The SMILES string of the molecule is CONc1cc(Br)sc1C(=O)OC. The Kier molecular flexibility index (Phi) is 3.71. The summed E-state index contributed by atoms with van der Waals surface area (Å²) in [6.45, 7) is 0. The van der Waals surface area contributed by atoms with Crippen LogP contribution in [0.5, 0.6) is 0 Å². The number of carbonyl (C=O) groups excluding carboxylic acids is 1. The van der Waals surface area contributed by atoms with Crippen LogP contribution in [0.15, 0.2) is 9.85 Å². The number of halogens is 1. The van der Waals surface area contributed by atoms with Crippen molar-refractivity contribution in [1.82, 2.24) is 0 Å². The predicted molar refractivity (Wildman–Crippen MR) is 54.0 cm³/mol. The summed E-state index contributed by atoms with van der Waals surface area (Å²) in [5.41, 5.74) is 3.19. The lowest BCUT2D eigenvalue weighted by atomic mass is 10.4. The highest BCUT2D eigenvalue weighted by Crippen LogP contribution is 2.31. The maximum absolute atomic E-state index is 11.2. The van der Waals surface area contributed by atoms with E-state index in [0.717, 1.165) is 3.79 Å². The van der Waals surface area contributed by atoms with Crippen LogP contribution in [-0.2, 0) is 9.57 Å². The molecule has 1 N–H and O–H groups in total. The zero-order valence-electron chi connectivity index (χ0n) is 7.09. The molecule has 0 aliphatic carbocycles. The van der Waals surface area contributed by atoms with Crippen LogP contribution in [0.2, 0.25) is 0 Å². The molecule has 1 rings (SSSR count).